The van der Waals surface area contributed by atoms with E-state index < -0.39 is 18.0 Å². The molecule has 0 aromatic carbocycles. The molecule has 2 aliphatic rings. The number of nitrogens with zero attached hydrogens (tertiary/aromatic N) is 1. The van der Waals surface area contributed by atoms with Crippen LogP contribution < -0.4 is 5.32 Å². The van der Waals surface area contributed by atoms with E-state index >= 15 is 0 Å². The highest BCUT2D eigenvalue weighted by molar-refractivity contribution is 5.83. The van der Waals surface area contributed by atoms with E-state index in [4.69, 9.17) is 5.11 Å². The third-order valence-corrected chi connectivity index (χ3v) is 3.49. The van der Waals surface area contributed by atoms with Gasteiger partial charge in [0.1, 0.15) is 0 Å². The van der Waals surface area contributed by atoms with Crippen molar-refractivity contribution in [2.45, 2.75) is 31.4 Å². The molecule has 96 valence electrons. The molecule has 0 bridgehead atoms. The summed E-state index contributed by atoms with van der Waals surface area (Å²) in [6.07, 6.45) is 1.33. The van der Waals surface area contributed by atoms with Gasteiger partial charge in [-0.25, -0.2) is 0 Å². The van der Waals surface area contributed by atoms with Crippen molar-refractivity contribution in [2.24, 2.45) is 5.92 Å². The molecule has 2 unspecified atom stereocenters. The van der Waals surface area contributed by atoms with Gasteiger partial charge in [0.2, 0.25) is 5.91 Å². The van der Waals surface area contributed by atoms with Crippen molar-refractivity contribution in [3.8, 4) is 0 Å². The van der Waals surface area contributed by atoms with E-state index in [0.717, 1.165) is 6.42 Å². The summed E-state index contributed by atoms with van der Waals surface area (Å²) < 4.78 is 0. The van der Waals surface area contributed by atoms with Gasteiger partial charge in [0.05, 0.1) is 18.1 Å². The molecule has 2 rings (SSSR count). The normalized spacial score (nSPS) is 33.7. The fourth-order valence-electron chi connectivity index (χ4n) is 2.50. The topological polar surface area (TPSA) is 89.9 Å². The number of carbonyl (C=O) groups excluding carboxylic acids is 1. The highest BCUT2D eigenvalue weighted by Gasteiger charge is 2.34. The SMILES string of the molecule is O=C(O)[C@@H]1CCCN(C(=O)C2CC(O)CN2)C1. The summed E-state index contributed by atoms with van der Waals surface area (Å²) in [5.41, 5.74) is 0. The highest BCUT2D eigenvalue weighted by atomic mass is 16.4. The molecule has 0 aromatic heterocycles. The Morgan fingerprint density at radius 2 is 2.12 bits per heavy atom. The number of piperidine rings is 1. The van der Waals surface area contributed by atoms with Crippen LogP contribution in [0.2, 0.25) is 0 Å². The number of hydrogen-bond acceptors (Lipinski definition) is 4. The number of carbonyl (C=O) groups is 2. The third-order valence-electron chi connectivity index (χ3n) is 3.49. The van der Waals surface area contributed by atoms with Crippen LogP contribution >= 0.6 is 0 Å². The second-order valence-electron chi connectivity index (χ2n) is 4.81. The fraction of sp³-hybridized carbons (Fsp3) is 0.818. The Morgan fingerprint density at radius 3 is 2.71 bits per heavy atom. The zero-order valence-corrected chi connectivity index (χ0v) is 9.63. The molecule has 3 atom stereocenters. The number of likely N-dealkylation sites (tertiary alicyclic amines) is 1. The number of carboxylic acids is 1. The smallest absolute Gasteiger partial charge is 0.308 e. The molecular formula is C11H18N2O4. The number of aliphatic hydroxyl groups is 1. The van der Waals surface area contributed by atoms with Crippen LogP contribution in [0.25, 0.3) is 0 Å². The van der Waals surface area contributed by atoms with Crippen molar-refractivity contribution in [1.29, 1.82) is 0 Å². The van der Waals surface area contributed by atoms with E-state index in [1.165, 1.54) is 0 Å². The van der Waals surface area contributed by atoms with Crippen LogP contribution in [-0.2, 0) is 9.59 Å². The van der Waals surface area contributed by atoms with Crippen molar-refractivity contribution in [3.05, 3.63) is 0 Å². The summed E-state index contributed by atoms with van der Waals surface area (Å²) in [6.45, 7) is 1.35. The lowest BCUT2D eigenvalue weighted by Gasteiger charge is -2.32. The average molecular weight is 242 g/mol. The number of nitrogens with one attached hydrogen (secondary N) is 1. The molecule has 0 spiro atoms. The van der Waals surface area contributed by atoms with Crippen LogP contribution in [0.15, 0.2) is 0 Å². The van der Waals surface area contributed by atoms with Crippen molar-refractivity contribution >= 4 is 11.9 Å². The summed E-state index contributed by atoms with van der Waals surface area (Å²) in [5, 5.41) is 21.3. The molecule has 0 aromatic rings. The maximum Gasteiger partial charge on any atom is 0.308 e. The number of amides is 1. The van der Waals surface area contributed by atoms with Gasteiger partial charge in [-0.15, -0.1) is 0 Å². The number of hydrogen-bond donors (Lipinski definition) is 3. The van der Waals surface area contributed by atoms with Gasteiger partial charge in [-0.05, 0) is 19.3 Å². The number of β-amino-alcohol motifs (C(OH)–C–C–N with tert-alkyl or cyclic N) is 1. The lowest BCUT2D eigenvalue weighted by Crippen LogP contribution is -2.49. The van der Waals surface area contributed by atoms with Crippen LogP contribution in [0.5, 0.6) is 0 Å². The van der Waals surface area contributed by atoms with E-state index in [1.54, 1.807) is 4.90 Å². The molecule has 2 fully saturated rings. The molecule has 3 N–H and O–H groups in total. The van der Waals surface area contributed by atoms with Gasteiger partial charge < -0.3 is 20.4 Å². The molecule has 6 nitrogen and oxygen atoms in total. The molecule has 6 heteroatoms. The minimum atomic E-state index is -0.832. The predicted molar refractivity (Wildman–Crippen MR) is 59.4 cm³/mol. The van der Waals surface area contributed by atoms with Gasteiger partial charge >= 0.3 is 5.97 Å². The van der Waals surface area contributed by atoms with Crippen LogP contribution in [0.4, 0.5) is 0 Å². The Bertz CT molecular complexity index is 321. The average Bonchev–Trinajstić information content (AvgIpc) is 2.75. The summed E-state index contributed by atoms with van der Waals surface area (Å²) in [6, 6.07) is -0.349. The largest absolute Gasteiger partial charge is 0.481 e. The standard InChI is InChI=1S/C11H18N2O4/c14-8-4-9(12-5-8)10(15)13-3-1-2-7(6-13)11(16)17/h7-9,12,14H,1-6H2,(H,16,17)/t7-,8?,9?/m1/s1. The Labute approximate surface area is 99.6 Å². The summed E-state index contributed by atoms with van der Waals surface area (Å²) in [7, 11) is 0. The van der Waals surface area contributed by atoms with E-state index in [-0.39, 0.29) is 11.9 Å². The third kappa shape index (κ3) is 2.76. The number of rotatable bonds is 2. The monoisotopic (exact) mass is 242 g/mol. The minimum Gasteiger partial charge on any atom is -0.481 e. The second kappa shape index (κ2) is 5.01. The first-order chi connectivity index (χ1) is 8.08. The van der Waals surface area contributed by atoms with E-state index in [2.05, 4.69) is 5.32 Å². The van der Waals surface area contributed by atoms with Gasteiger partial charge in [0.15, 0.2) is 0 Å². The van der Waals surface area contributed by atoms with Gasteiger partial charge in [-0.3, -0.25) is 9.59 Å². The van der Waals surface area contributed by atoms with Crippen molar-refractivity contribution < 1.29 is 19.8 Å². The summed E-state index contributed by atoms with van der Waals surface area (Å²) in [4.78, 5) is 24.6. The van der Waals surface area contributed by atoms with Crippen LogP contribution in [0.3, 0.4) is 0 Å². The van der Waals surface area contributed by atoms with Gasteiger partial charge in [0.25, 0.3) is 0 Å². The Morgan fingerprint density at radius 1 is 1.35 bits per heavy atom. The zero-order chi connectivity index (χ0) is 12.4. The van der Waals surface area contributed by atoms with E-state index in [1.807, 2.05) is 0 Å². The molecule has 0 aliphatic carbocycles. The highest BCUT2D eigenvalue weighted by Crippen LogP contribution is 2.19. The molecule has 0 saturated carbocycles. The first-order valence-electron chi connectivity index (χ1n) is 6.01. The molecule has 2 heterocycles. The van der Waals surface area contributed by atoms with Crippen molar-refractivity contribution in [1.82, 2.24) is 10.2 Å². The van der Waals surface area contributed by atoms with Crippen LogP contribution in [0, 0.1) is 5.92 Å². The second-order valence-corrected chi connectivity index (χ2v) is 4.81. The van der Waals surface area contributed by atoms with Crippen molar-refractivity contribution in [2.75, 3.05) is 19.6 Å². The number of aliphatic hydroxyl groups excluding tert-OH is 1. The Hall–Kier alpha value is -1.14. The first kappa shape index (κ1) is 12.3. The number of aliphatic carboxylic acids is 1. The zero-order valence-electron chi connectivity index (χ0n) is 9.63. The molecule has 2 aliphatic heterocycles. The molecular weight excluding hydrogens is 224 g/mol. The summed E-state index contributed by atoms with van der Waals surface area (Å²) >= 11 is 0. The molecule has 17 heavy (non-hydrogen) atoms. The maximum absolute atomic E-state index is 12.1. The van der Waals surface area contributed by atoms with Gasteiger partial charge in [-0.2, -0.15) is 0 Å². The van der Waals surface area contributed by atoms with E-state index in [0.29, 0.717) is 32.5 Å². The minimum absolute atomic E-state index is 0.0764. The lowest BCUT2D eigenvalue weighted by molar-refractivity contribution is -0.146. The van der Waals surface area contributed by atoms with Gasteiger partial charge in [0, 0.05) is 19.6 Å². The Balaban J connectivity index is 1.93. The van der Waals surface area contributed by atoms with Crippen molar-refractivity contribution in [3.63, 3.8) is 0 Å². The molecule has 1 amide bonds. The fourth-order valence-corrected chi connectivity index (χ4v) is 2.50. The quantitative estimate of drug-likeness (QED) is 0.580. The van der Waals surface area contributed by atoms with Crippen LogP contribution in [0.1, 0.15) is 19.3 Å². The maximum atomic E-state index is 12.1. The molecule has 2 saturated heterocycles. The molecule has 0 radical (unpaired) electrons. The first-order valence-corrected chi connectivity index (χ1v) is 6.01. The van der Waals surface area contributed by atoms with Gasteiger partial charge in [-0.1, -0.05) is 0 Å². The van der Waals surface area contributed by atoms with E-state index in [9.17, 15) is 14.7 Å². The Kier molecular flexibility index (Phi) is 3.63. The summed E-state index contributed by atoms with van der Waals surface area (Å²) in [5.74, 6) is -1.35. The van der Waals surface area contributed by atoms with Crippen LogP contribution in [-0.4, -0.2) is 58.8 Å². The number of carboxylic acid groups (broad SMARTS) is 1. The lowest BCUT2D eigenvalue weighted by atomic mass is 9.97. The predicted octanol–water partition coefficient (Wildman–Crippen LogP) is -0.968.